The SMILES string of the molecule is C[C@@H]1Cc2c(C(=O)N3CC(S(C)(=O)=O)C3)n[nH]c2[C@H](C)O1. The van der Waals surface area contributed by atoms with Gasteiger partial charge in [0.05, 0.1) is 23.2 Å². The molecule has 1 aromatic rings. The van der Waals surface area contributed by atoms with Gasteiger partial charge >= 0.3 is 0 Å². The van der Waals surface area contributed by atoms with Crippen LogP contribution >= 0.6 is 0 Å². The minimum atomic E-state index is -3.08. The predicted octanol–water partition coefficient (Wildman–Crippen LogP) is 0.301. The van der Waals surface area contributed by atoms with Gasteiger partial charge in [0, 0.05) is 31.3 Å². The van der Waals surface area contributed by atoms with Gasteiger partial charge in [0.1, 0.15) is 0 Å². The van der Waals surface area contributed by atoms with Crippen molar-refractivity contribution in [2.24, 2.45) is 0 Å². The Bertz CT molecular complexity index is 676. The molecule has 2 atom stereocenters. The summed E-state index contributed by atoms with van der Waals surface area (Å²) < 4.78 is 28.5. The van der Waals surface area contributed by atoms with Crippen LogP contribution in [0.5, 0.6) is 0 Å². The molecule has 3 rings (SSSR count). The summed E-state index contributed by atoms with van der Waals surface area (Å²) in [5.41, 5.74) is 2.14. The molecule has 8 heteroatoms. The molecule has 0 aliphatic carbocycles. The van der Waals surface area contributed by atoms with E-state index in [4.69, 9.17) is 4.74 Å². The number of amides is 1. The largest absolute Gasteiger partial charge is 0.369 e. The Morgan fingerprint density at radius 3 is 2.67 bits per heavy atom. The summed E-state index contributed by atoms with van der Waals surface area (Å²) in [4.78, 5) is 14.0. The Morgan fingerprint density at radius 1 is 1.38 bits per heavy atom. The van der Waals surface area contributed by atoms with Crippen LogP contribution in [-0.4, -0.2) is 60.1 Å². The van der Waals surface area contributed by atoms with Gasteiger partial charge in [-0.25, -0.2) is 8.42 Å². The first-order valence-electron chi connectivity index (χ1n) is 6.98. The van der Waals surface area contributed by atoms with Gasteiger partial charge in [-0.1, -0.05) is 0 Å². The molecule has 116 valence electrons. The molecule has 2 aliphatic heterocycles. The predicted molar refractivity (Wildman–Crippen MR) is 75.8 cm³/mol. The summed E-state index contributed by atoms with van der Waals surface area (Å²) in [7, 11) is -3.08. The second kappa shape index (κ2) is 4.81. The number of rotatable bonds is 2. The number of H-pyrrole nitrogens is 1. The minimum Gasteiger partial charge on any atom is -0.369 e. The average molecular weight is 313 g/mol. The summed E-state index contributed by atoms with van der Waals surface area (Å²) in [6.07, 6.45) is 1.77. The van der Waals surface area contributed by atoms with Crippen LogP contribution in [0.25, 0.3) is 0 Å². The highest BCUT2D eigenvalue weighted by atomic mass is 32.2. The number of aromatic amines is 1. The van der Waals surface area contributed by atoms with Crippen LogP contribution in [0.1, 0.15) is 41.7 Å². The quantitative estimate of drug-likeness (QED) is 0.848. The van der Waals surface area contributed by atoms with Crippen molar-refractivity contribution in [2.75, 3.05) is 19.3 Å². The van der Waals surface area contributed by atoms with Crippen LogP contribution in [0, 0.1) is 0 Å². The number of carbonyl (C=O) groups excluding carboxylic acids is 1. The summed E-state index contributed by atoms with van der Waals surface area (Å²) >= 11 is 0. The second-order valence-electron chi connectivity index (χ2n) is 5.92. The topological polar surface area (TPSA) is 92.4 Å². The molecule has 1 aromatic heterocycles. The van der Waals surface area contributed by atoms with Gasteiger partial charge in [0.15, 0.2) is 15.5 Å². The number of hydrogen-bond donors (Lipinski definition) is 1. The number of ether oxygens (including phenoxy) is 1. The Hall–Kier alpha value is -1.41. The van der Waals surface area contributed by atoms with Gasteiger partial charge in [-0.3, -0.25) is 9.89 Å². The molecule has 0 bridgehead atoms. The van der Waals surface area contributed by atoms with Crippen LogP contribution in [0.15, 0.2) is 0 Å². The third kappa shape index (κ3) is 2.46. The van der Waals surface area contributed by atoms with Crippen LogP contribution in [0.4, 0.5) is 0 Å². The van der Waals surface area contributed by atoms with Crippen molar-refractivity contribution in [3.8, 4) is 0 Å². The fraction of sp³-hybridized carbons (Fsp3) is 0.692. The van der Waals surface area contributed by atoms with Crippen molar-refractivity contribution in [3.05, 3.63) is 17.0 Å². The minimum absolute atomic E-state index is 0.0387. The van der Waals surface area contributed by atoms with E-state index in [0.29, 0.717) is 12.1 Å². The van der Waals surface area contributed by atoms with E-state index in [1.807, 2.05) is 13.8 Å². The number of fused-ring (bicyclic) bond motifs is 1. The van der Waals surface area contributed by atoms with Crippen molar-refractivity contribution >= 4 is 15.7 Å². The lowest BCUT2D eigenvalue weighted by Crippen LogP contribution is -2.56. The molecule has 0 saturated carbocycles. The Balaban J connectivity index is 1.79. The van der Waals surface area contributed by atoms with E-state index in [0.717, 1.165) is 11.3 Å². The maximum atomic E-state index is 12.5. The van der Waals surface area contributed by atoms with Crippen molar-refractivity contribution in [2.45, 2.75) is 37.7 Å². The molecule has 1 N–H and O–H groups in total. The van der Waals surface area contributed by atoms with Crippen molar-refractivity contribution in [1.29, 1.82) is 0 Å². The van der Waals surface area contributed by atoms with Crippen molar-refractivity contribution < 1.29 is 17.9 Å². The van der Waals surface area contributed by atoms with Crippen molar-refractivity contribution in [1.82, 2.24) is 15.1 Å². The molecule has 2 aliphatic rings. The molecule has 0 spiro atoms. The molecule has 0 unspecified atom stereocenters. The summed E-state index contributed by atoms with van der Waals surface area (Å²) in [6.45, 7) is 4.39. The zero-order valence-electron chi connectivity index (χ0n) is 12.3. The lowest BCUT2D eigenvalue weighted by molar-refractivity contribution is -0.00704. The number of likely N-dealkylation sites (tertiary alicyclic amines) is 1. The van der Waals surface area contributed by atoms with Gasteiger partial charge < -0.3 is 9.64 Å². The van der Waals surface area contributed by atoms with Gasteiger partial charge in [0.2, 0.25) is 0 Å². The van der Waals surface area contributed by atoms with Crippen LogP contribution in [0.2, 0.25) is 0 Å². The molecule has 1 amide bonds. The second-order valence-corrected chi connectivity index (χ2v) is 8.24. The van der Waals surface area contributed by atoms with E-state index >= 15 is 0 Å². The van der Waals surface area contributed by atoms with Crippen molar-refractivity contribution in [3.63, 3.8) is 0 Å². The molecule has 1 saturated heterocycles. The maximum Gasteiger partial charge on any atom is 0.274 e. The van der Waals surface area contributed by atoms with Gasteiger partial charge in [-0.2, -0.15) is 5.10 Å². The van der Waals surface area contributed by atoms with Gasteiger partial charge in [0.25, 0.3) is 5.91 Å². The van der Waals surface area contributed by atoms with E-state index < -0.39 is 15.1 Å². The van der Waals surface area contributed by atoms with E-state index in [2.05, 4.69) is 10.2 Å². The van der Waals surface area contributed by atoms with E-state index in [-0.39, 0.29) is 31.2 Å². The number of hydrogen-bond acceptors (Lipinski definition) is 5. The molecular weight excluding hydrogens is 294 g/mol. The average Bonchev–Trinajstić information content (AvgIpc) is 2.68. The Kier molecular flexibility index (Phi) is 3.32. The van der Waals surface area contributed by atoms with E-state index in [9.17, 15) is 13.2 Å². The number of carbonyl (C=O) groups is 1. The molecule has 0 aromatic carbocycles. The Morgan fingerprint density at radius 2 is 2.05 bits per heavy atom. The van der Waals surface area contributed by atoms with Gasteiger partial charge in [-0.05, 0) is 13.8 Å². The highest BCUT2D eigenvalue weighted by Crippen LogP contribution is 2.31. The molecule has 21 heavy (non-hydrogen) atoms. The number of aromatic nitrogens is 2. The highest BCUT2D eigenvalue weighted by molar-refractivity contribution is 7.91. The number of nitrogens with one attached hydrogen (secondary N) is 1. The maximum absolute atomic E-state index is 12.5. The zero-order chi connectivity index (χ0) is 15.4. The first-order chi connectivity index (χ1) is 9.77. The summed E-state index contributed by atoms with van der Waals surface area (Å²) in [5.74, 6) is -0.200. The fourth-order valence-corrected chi connectivity index (χ4v) is 3.78. The Labute approximate surface area is 123 Å². The molecule has 1 fully saturated rings. The zero-order valence-corrected chi connectivity index (χ0v) is 13.1. The van der Waals surface area contributed by atoms with E-state index in [1.54, 1.807) is 0 Å². The van der Waals surface area contributed by atoms with E-state index in [1.165, 1.54) is 11.2 Å². The fourth-order valence-electron chi connectivity index (χ4n) is 2.88. The van der Waals surface area contributed by atoms with Crippen LogP contribution in [-0.2, 0) is 21.0 Å². The molecule has 0 radical (unpaired) electrons. The molecular formula is C13H19N3O4S. The first kappa shape index (κ1) is 14.5. The van der Waals surface area contributed by atoms with Crippen LogP contribution < -0.4 is 0 Å². The normalized spacial score (nSPS) is 26.3. The third-order valence-electron chi connectivity index (χ3n) is 4.18. The van der Waals surface area contributed by atoms with Crippen LogP contribution in [0.3, 0.4) is 0 Å². The standard InChI is InChI=1S/C13H19N3O4S/c1-7-4-10-11(8(2)20-7)14-15-12(10)13(17)16-5-9(6-16)21(3,18)19/h7-9H,4-6H2,1-3H3,(H,14,15)/t7-,8+/m1/s1. The number of nitrogens with zero attached hydrogens (tertiary/aromatic N) is 2. The summed E-state index contributed by atoms with van der Waals surface area (Å²) in [6, 6.07) is 0. The summed E-state index contributed by atoms with van der Waals surface area (Å²) in [5, 5.41) is 6.56. The van der Waals surface area contributed by atoms with Gasteiger partial charge in [-0.15, -0.1) is 0 Å². The smallest absolute Gasteiger partial charge is 0.274 e. The first-order valence-corrected chi connectivity index (χ1v) is 8.93. The lowest BCUT2D eigenvalue weighted by Gasteiger charge is -2.37. The lowest BCUT2D eigenvalue weighted by atomic mass is 9.99. The highest BCUT2D eigenvalue weighted by Gasteiger charge is 2.40. The third-order valence-corrected chi connectivity index (χ3v) is 5.69. The molecule has 3 heterocycles. The number of sulfone groups is 1. The molecule has 7 nitrogen and oxygen atoms in total. The monoisotopic (exact) mass is 313 g/mol.